The Morgan fingerprint density at radius 3 is 2.43 bits per heavy atom. The third kappa shape index (κ3) is 5.34. The molecule has 0 rings (SSSR count). The summed E-state index contributed by atoms with van der Waals surface area (Å²) in [6.07, 6.45) is 1.34. The van der Waals surface area contributed by atoms with Gasteiger partial charge in [0.1, 0.15) is 0 Å². The Morgan fingerprint density at radius 1 is 1.50 bits per heavy atom. The van der Waals surface area contributed by atoms with E-state index in [2.05, 4.69) is 5.32 Å². The van der Waals surface area contributed by atoms with Crippen molar-refractivity contribution in [1.29, 1.82) is 0 Å². The number of nitrogens with one attached hydrogen (secondary N) is 1. The summed E-state index contributed by atoms with van der Waals surface area (Å²) in [6.45, 7) is 5.48. The van der Waals surface area contributed by atoms with Gasteiger partial charge in [-0.3, -0.25) is 0 Å². The zero-order valence-electron chi connectivity index (χ0n) is 9.11. The van der Waals surface area contributed by atoms with Gasteiger partial charge >= 0.3 is 6.09 Å². The van der Waals surface area contributed by atoms with Gasteiger partial charge in [0.05, 0.1) is 12.7 Å². The van der Waals surface area contributed by atoms with Gasteiger partial charge in [0, 0.05) is 11.3 Å². The third-order valence-electron chi connectivity index (χ3n) is 1.73. The van der Waals surface area contributed by atoms with E-state index >= 15 is 0 Å². The van der Waals surface area contributed by atoms with E-state index in [0.717, 1.165) is 0 Å². The van der Waals surface area contributed by atoms with Gasteiger partial charge in [-0.2, -0.15) is 11.8 Å². The van der Waals surface area contributed by atoms with Crippen LogP contribution in [-0.4, -0.2) is 41.5 Å². The molecule has 0 aromatic carbocycles. The maximum absolute atomic E-state index is 11.2. The molecule has 0 aromatic heterocycles. The van der Waals surface area contributed by atoms with Crippen LogP contribution >= 0.6 is 11.8 Å². The van der Waals surface area contributed by atoms with Crippen molar-refractivity contribution in [2.24, 2.45) is 0 Å². The zero-order chi connectivity index (χ0) is 11.1. The second-order valence-corrected chi connectivity index (χ2v) is 4.42. The first-order valence-electron chi connectivity index (χ1n) is 4.62. The molecule has 2 atom stereocenters. The molecule has 0 fully saturated rings. The first-order valence-corrected chi connectivity index (χ1v) is 5.90. The third-order valence-corrected chi connectivity index (χ3v) is 2.89. The lowest BCUT2D eigenvalue weighted by atomic mass is 10.2. The SMILES string of the molecule is CSC(CO)C(C)NC(=O)OC(C)C. The molecule has 0 radical (unpaired) electrons. The highest BCUT2D eigenvalue weighted by molar-refractivity contribution is 7.99. The number of aliphatic hydroxyl groups is 1. The number of carbonyl (C=O) groups is 1. The highest BCUT2D eigenvalue weighted by atomic mass is 32.2. The van der Waals surface area contributed by atoms with Crippen LogP contribution in [0.3, 0.4) is 0 Å². The average Bonchev–Trinajstić information content (AvgIpc) is 2.04. The lowest BCUT2D eigenvalue weighted by Gasteiger charge is -2.21. The number of amides is 1. The number of aliphatic hydroxyl groups excluding tert-OH is 1. The minimum absolute atomic E-state index is 0.00899. The Labute approximate surface area is 89.4 Å². The van der Waals surface area contributed by atoms with Crippen molar-refractivity contribution in [3.63, 3.8) is 0 Å². The van der Waals surface area contributed by atoms with Gasteiger partial charge < -0.3 is 15.2 Å². The standard InChI is InChI=1S/C9H19NO3S/c1-6(2)13-9(12)10-7(3)8(5-11)14-4/h6-8,11H,5H2,1-4H3,(H,10,12). The van der Waals surface area contributed by atoms with Crippen molar-refractivity contribution >= 4 is 17.9 Å². The number of hydrogen-bond acceptors (Lipinski definition) is 4. The molecule has 1 amide bonds. The number of rotatable bonds is 5. The summed E-state index contributed by atoms with van der Waals surface area (Å²) in [4.78, 5) is 11.2. The van der Waals surface area contributed by atoms with E-state index in [0.29, 0.717) is 0 Å². The molecule has 0 aliphatic carbocycles. The number of hydrogen-bond donors (Lipinski definition) is 2. The van der Waals surface area contributed by atoms with E-state index in [4.69, 9.17) is 9.84 Å². The maximum Gasteiger partial charge on any atom is 0.407 e. The fourth-order valence-electron chi connectivity index (χ4n) is 0.964. The van der Waals surface area contributed by atoms with Crippen molar-refractivity contribution in [2.45, 2.75) is 38.2 Å². The Balaban J connectivity index is 3.91. The summed E-state index contributed by atoms with van der Waals surface area (Å²) < 4.78 is 4.92. The zero-order valence-corrected chi connectivity index (χ0v) is 9.93. The smallest absolute Gasteiger partial charge is 0.407 e. The molecule has 0 bridgehead atoms. The van der Waals surface area contributed by atoms with Crippen LogP contribution in [0.1, 0.15) is 20.8 Å². The summed E-state index contributed by atoms with van der Waals surface area (Å²) in [6, 6.07) is -0.0961. The minimum Gasteiger partial charge on any atom is -0.447 e. The van der Waals surface area contributed by atoms with E-state index in [1.807, 2.05) is 13.2 Å². The van der Waals surface area contributed by atoms with Crippen LogP contribution in [0.5, 0.6) is 0 Å². The molecule has 4 nitrogen and oxygen atoms in total. The molecule has 0 aliphatic rings. The molecule has 2 unspecified atom stereocenters. The predicted molar refractivity (Wildman–Crippen MR) is 58.6 cm³/mol. The normalized spacial score (nSPS) is 15.0. The summed E-state index contributed by atoms with van der Waals surface area (Å²) in [7, 11) is 0. The van der Waals surface area contributed by atoms with Crippen LogP contribution in [0.25, 0.3) is 0 Å². The molecule has 84 valence electrons. The van der Waals surface area contributed by atoms with Crippen LogP contribution in [0.15, 0.2) is 0 Å². The summed E-state index contributed by atoms with van der Waals surface area (Å²) >= 11 is 1.52. The molecular formula is C9H19NO3S. The summed E-state index contributed by atoms with van der Waals surface area (Å²) in [5.41, 5.74) is 0. The Hall–Kier alpha value is -0.420. The fraction of sp³-hybridized carbons (Fsp3) is 0.889. The molecule has 2 N–H and O–H groups in total. The number of carbonyl (C=O) groups excluding carboxylic acids is 1. The van der Waals surface area contributed by atoms with Gasteiger partial charge in [-0.05, 0) is 27.0 Å². The van der Waals surface area contributed by atoms with Gasteiger partial charge in [0.25, 0.3) is 0 Å². The van der Waals surface area contributed by atoms with Gasteiger partial charge in [0.2, 0.25) is 0 Å². The molecule has 0 aromatic rings. The second kappa shape index (κ2) is 6.95. The number of alkyl carbamates (subject to hydrolysis) is 1. The van der Waals surface area contributed by atoms with E-state index < -0.39 is 6.09 Å². The molecule has 0 saturated carbocycles. The van der Waals surface area contributed by atoms with E-state index in [1.54, 1.807) is 13.8 Å². The molecule has 5 heteroatoms. The Kier molecular flexibility index (Phi) is 6.74. The first kappa shape index (κ1) is 13.6. The quantitative estimate of drug-likeness (QED) is 0.733. The van der Waals surface area contributed by atoms with Gasteiger partial charge in [-0.1, -0.05) is 0 Å². The molecular weight excluding hydrogens is 202 g/mol. The number of ether oxygens (including phenoxy) is 1. The van der Waals surface area contributed by atoms with Crippen LogP contribution < -0.4 is 5.32 Å². The largest absolute Gasteiger partial charge is 0.447 e. The van der Waals surface area contributed by atoms with E-state index in [-0.39, 0.29) is 24.0 Å². The lowest BCUT2D eigenvalue weighted by Crippen LogP contribution is -2.42. The first-order chi connectivity index (χ1) is 6.51. The van der Waals surface area contributed by atoms with Gasteiger partial charge in [0.15, 0.2) is 0 Å². The number of thioether (sulfide) groups is 1. The van der Waals surface area contributed by atoms with Crippen LogP contribution in [0, 0.1) is 0 Å². The molecule has 0 heterocycles. The van der Waals surface area contributed by atoms with Crippen molar-refractivity contribution < 1.29 is 14.6 Å². The highest BCUT2D eigenvalue weighted by Crippen LogP contribution is 2.10. The van der Waals surface area contributed by atoms with Crippen LogP contribution in [-0.2, 0) is 4.74 Å². The molecule has 0 spiro atoms. The fourth-order valence-corrected chi connectivity index (χ4v) is 1.59. The second-order valence-electron chi connectivity index (χ2n) is 3.34. The predicted octanol–water partition coefficient (Wildman–Crippen LogP) is 1.23. The molecule has 14 heavy (non-hydrogen) atoms. The van der Waals surface area contributed by atoms with Crippen molar-refractivity contribution in [1.82, 2.24) is 5.32 Å². The van der Waals surface area contributed by atoms with E-state index in [1.165, 1.54) is 11.8 Å². The molecule has 0 aliphatic heterocycles. The topological polar surface area (TPSA) is 58.6 Å². The van der Waals surface area contributed by atoms with Crippen molar-refractivity contribution in [3.05, 3.63) is 0 Å². The Bertz CT molecular complexity index is 171. The maximum atomic E-state index is 11.2. The molecule has 0 saturated heterocycles. The van der Waals surface area contributed by atoms with Crippen molar-refractivity contribution in [2.75, 3.05) is 12.9 Å². The van der Waals surface area contributed by atoms with Crippen LogP contribution in [0.2, 0.25) is 0 Å². The van der Waals surface area contributed by atoms with Crippen molar-refractivity contribution in [3.8, 4) is 0 Å². The highest BCUT2D eigenvalue weighted by Gasteiger charge is 2.18. The Morgan fingerprint density at radius 2 is 2.07 bits per heavy atom. The van der Waals surface area contributed by atoms with Gasteiger partial charge in [-0.15, -0.1) is 0 Å². The average molecular weight is 221 g/mol. The minimum atomic E-state index is -0.431. The van der Waals surface area contributed by atoms with Gasteiger partial charge in [-0.25, -0.2) is 4.79 Å². The monoisotopic (exact) mass is 221 g/mol. The van der Waals surface area contributed by atoms with E-state index in [9.17, 15) is 4.79 Å². The summed E-state index contributed by atoms with van der Waals surface area (Å²) in [5.74, 6) is 0. The van der Waals surface area contributed by atoms with Crippen LogP contribution in [0.4, 0.5) is 4.79 Å². The lowest BCUT2D eigenvalue weighted by molar-refractivity contribution is 0.112. The summed E-state index contributed by atoms with van der Waals surface area (Å²) in [5, 5.41) is 11.7.